The van der Waals surface area contributed by atoms with Gasteiger partial charge in [0.05, 0.1) is 21.8 Å². The minimum absolute atomic E-state index is 0.00668. The Bertz CT molecular complexity index is 1560. The predicted molar refractivity (Wildman–Crippen MR) is 142 cm³/mol. The van der Waals surface area contributed by atoms with Gasteiger partial charge in [-0.05, 0) is 36.8 Å². The Balaban J connectivity index is 1.22. The molecule has 0 amide bonds. The molecule has 3 aliphatic rings. The summed E-state index contributed by atoms with van der Waals surface area (Å²) in [5, 5.41) is 9.01. The van der Waals surface area contributed by atoms with Gasteiger partial charge in [0, 0.05) is 60.3 Å². The summed E-state index contributed by atoms with van der Waals surface area (Å²) >= 11 is 12.4. The number of hydrogen-bond acceptors (Lipinski definition) is 8. The van der Waals surface area contributed by atoms with Crippen LogP contribution in [0.25, 0.3) is 22.2 Å². The van der Waals surface area contributed by atoms with E-state index in [9.17, 15) is 8.42 Å². The lowest BCUT2D eigenvalue weighted by atomic mass is 9.91. The largest absolute Gasteiger partial charge is 0.471 e. The maximum absolute atomic E-state index is 12.0. The van der Waals surface area contributed by atoms with Crippen LogP contribution in [0.1, 0.15) is 18.2 Å². The second-order valence-electron chi connectivity index (χ2n) is 9.28. The number of rotatable bonds is 6. The maximum atomic E-state index is 12.0. The van der Waals surface area contributed by atoms with E-state index in [0.717, 1.165) is 34.4 Å². The molecule has 0 radical (unpaired) electrons. The lowest BCUT2D eigenvalue weighted by molar-refractivity contribution is 0.0884. The number of halogens is 2. The number of benzene rings is 1. The van der Waals surface area contributed by atoms with Gasteiger partial charge >= 0.3 is 0 Å². The number of sulfonamides is 1. The monoisotopic (exact) mass is 559 g/mol. The van der Waals surface area contributed by atoms with Crippen molar-refractivity contribution in [2.75, 3.05) is 24.2 Å². The third kappa shape index (κ3) is 4.40. The van der Waals surface area contributed by atoms with Crippen LogP contribution >= 0.6 is 23.2 Å². The number of H-pyrrole nitrogens is 1. The summed E-state index contributed by atoms with van der Waals surface area (Å²) in [4.78, 5) is 10.7. The highest BCUT2D eigenvalue weighted by Crippen LogP contribution is 2.37. The average molecular weight is 560 g/mol. The number of aromatic nitrogens is 4. The van der Waals surface area contributed by atoms with Gasteiger partial charge in [0.2, 0.25) is 10.0 Å². The number of nitrogens with one attached hydrogen (secondary N) is 1. The molecule has 6 heterocycles. The van der Waals surface area contributed by atoms with Gasteiger partial charge in [0.15, 0.2) is 6.23 Å². The summed E-state index contributed by atoms with van der Waals surface area (Å²) in [5.41, 5.74) is 9.08. The number of piperidine rings is 1. The zero-order valence-corrected chi connectivity index (χ0v) is 22.0. The van der Waals surface area contributed by atoms with Crippen LogP contribution in [0.4, 0.5) is 5.82 Å². The van der Waals surface area contributed by atoms with Crippen LogP contribution in [0.3, 0.4) is 0 Å². The first-order valence-electron chi connectivity index (χ1n) is 11.6. The molecular weight excluding hydrogens is 537 g/mol. The standard InChI is InChI=1S/C24H23Cl2N7O3S/c1-37(34,35)33-14-6-15(33)12-32(11-14)21-5-2-13(8-29-21)23-17-7-16(3-4-20(17)30-31-23)36-24(27)22-18(25)9-28-10-19(22)26/h2-5,7-10,14-15,24H,6,11-12,27H2,1H3,(H,30,31)/t14?,15?,24-/m0/s1. The van der Waals surface area contributed by atoms with E-state index in [4.69, 9.17) is 33.7 Å². The fourth-order valence-corrected chi connectivity index (χ4v) is 7.17. The quantitative estimate of drug-likeness (QED) is 0.343. The van der Waals surface area contributed by atoms with Gasteiger partial charge in [-0.3, -0.25) is 15.8 Å². The van der Waals surface area contributed by atoms with Crippen LogP contribution in [-0.2, 0) is 10.0 Å². The predicted octanol–water partition coefficient (Wildman–Crippen LogP) is 3.59. The molecule has 7 rings (SSSR count). The summed E-state index contributed by atoms with van der Waals surface area (Å²) in [5.74, 6) is 1.34. The van der Waals surface area contributed by atoms with Gasteiger partial charge in [-0.1, -0.05) is 23.2 Å². The molecule has 3 atom stereocenters. The SMILES string of the molecule is CS(=O)(=O)N1C2CC1CN(c1ccc(-c3n[nH]c4ccc(O[C@H](N)c5c(Cl)cncc5Cl)cc34)cn1)C2. The summed E-state index contributed by atoms with van der Waals surface area (Å²) in [7, 11) is -3.18. The number of fused-ring (bicyclic) bond motifs is 3. The highest BCUT2D eigenvalue weighted by molar-refractivity contribution is 7.88. The fourth-order valence-electron chi connectivity index (χ4n) is 5.20. The topological polar surface area (TPSA) is 130 Å². The molecule has 10 nitrogen and oxygen atoms in total. The molecule has 0 aliphatic carbocycles. The Morgan fingerprint density at radius 3 is 2.49 bits per heavy atom. The van der Waals surface area contributed by atoms with E-state index < -0.39 is 16.3 Å². The molecule has 2 unspecified atom stereocenters. The number of ether oxygens (including phenoxy) is 1. The van der Waals surface area contributed by atoms with Crippen molar-refractivity contribution in [3.63, 3.8) is 0 Å². The van der Waals surface area contributed by atoms with Crippen LogP contribution in [0.5, 0.6) is 5.75 Å². The molecule has 3 N–H and O–H groups in total. The Morgan fingerprint density at radius 1 is 1.11 bits per heavy atom. The number of hydrogen-bond donors (Lipinski definition) is 2. The van der Waals surface area contributed by atoms with Gasteiger partial charge < -0.3 is 9.64 Å². The number of anilines is 1. The molecule has 3 aromatic heterocycles. The lowest BCUT2D eigenvalue weighted by Gasteiger charge is -2.54. The Kier molecular flexibility index (Phi) is 6.00. The first kappa shape index (κ1) is 24.4. The number of nitrogens with two attached hydrogens (primary N) is 1. The van der Waals surface area contributed by atoms with Crippen molar-refractivity contribution in [1.29, 1.82) is 0 Å². The zero-order valence-electron chi connectivity index (χ0n) is 19.7. The van der Waals surface area contributed by atoms with Gasteiger partial charge in [0.1, 0.15) is 17.3 Å². The van der Waals surface area contributed by atoms with Gasteiger partial charge in [-0.15, -0.1) is 0 Å². The molecule has 192 valence electrons. The smallest absolute Gasteiger partial charge is 0.211 e. The van der Waals surface area contributed by atoms with Crippen molar-refractivity contribution in [1.82, 2.24) is 24.5 Å². The Hall–Kier alpha value is -2.96. The van der Waals surface area contributed by atoms with E-state index >= 15 is 0 Å². The van der Waals surface area contributed by atoms with Crippen molar-refractivity contribution in [3.05, 3.63) is 64.5 Å². The van der Waals surface area contributed by atoms with E-state index in [-0.39, 0.29) is 12.1 Å². The zero-order chi connectivity index (χ0) is 25.9. The first-order chi connectivity index (χ1) is 17.7. The first-order valence-corrected chi connectivity index (χ1v) is 14.2. The van der Waals surface area contributed by atoms with Crippen LogP contribution in [0, 0.1) is 0 Å². The van der Waals surface area contributed by atoms with Gasteiger partial charge in [0.25, 0.3) is 0 Å². The van der Waals surface area contributed by atoms with Crippen molar-refractivity contribution in [3.8, 4) is 17.0 Å². The summed E-state index contributed by atoms with van der Waals surface area (Å²) in [6.45, 7) is 1.27. The highest BCUT2D eigenvalue weighted by atomic mass is 35.5. The lowest BCUT2D eigenvalue weighted by Crippen LogP contribution is -2.70. The average Bonchev–Trinajstić information content (AvgIpc) is 3.26. The molecule has 4 aromatic rings. The molecule has 2 bridgehead atoms. The van der Waals surface area contributed by atoms with Crippen molar-refractivity contribution < 1.29 is 13.2 Å². The molecular formula is C24H23Cl2N7O3S. The number of nitrogens with zero attached hydrogens (tertiary/aromatic N) is 5. The van der Waals surface area contributed by atoms with E-state index in [1.807, 2.05) is 24.3 Å². The molecule has 3 fully saturated rings. The van der Waals surface area contributed by atoms with E-state index in [1.54, 1.807) is 16.6 Å². The third-order valence-corrected chi connectivity index (χ3v) is 8.79. The van der Waals surface area contributed by atoms with Gasteiger partial charge in [-0.25, -0.2) is 13.4 Å². The molecule has 0 saturated carbocycles. The van der Waals surface area contributed by atoms with Crippen LogP contribution in [-0.4, -0.2) is 64.3 Å². The van der Waals surface area contributed by atoms with Crippen molar-refractivity contribution in [2.24, 2.45) is 5.73 Å². The number of piperazine rings is 1. The Morgan fingerprint density at radius 2 is 1.84 bits per heavy atom. The minimum atomic E-state index is -3.18. The summed E-state index contributed by atoms with van der Waals surface area (Å²) in [6.07, 6.45) is 6.00. The van der Waals surface area contributed by atoms with Crippen molar-refractivity contribution >= 4 is 49.9 Å². The van der Waals surface area contributed by atoms with Crippen molar-refractivity contribution in [2.45, 2.75) is 24.7 Å². The Labute approximate surface area is 223 Å². The third-order valence-electron chi connectivity index (χ3n) is 6.83. The summed E-state index contributed by atoms with van der Waals surface area (Å²) in [6, 6.07) is 9.41. The fraction of sp³-hybridized carbons (Fsp3) is 0.292. The van der Waals surface area contributed by atoms with E-state index in [0.29, 0.717) is 34.4 Å². The minimum Gasteiger partial charge on any atom is -0.471 e. The van der Waals surface area contributed by atoms with E-state index in [2.05, 4.69) is 25.1 Å². The summed E-state index contributed by atoms with van der Waals surface area (Å²) < 4.78 is 31.5. The number of pyridine rings is 2. The van der Waals surface area contributed by atoms with E-state index in [1.165, 1.54) is 18.6 Å². The van der Waals surface area contributed by atoms with Gasteiger partial charge in [-0.2, -0.15) is 9.40 Å². The molecule has 0 spiro atoms. The van der Waals surface area contributed by atoms with Crippen LogP contribution in [0.2, 0.25) is 10.0 Å². The molecule has 3 saturated heterocycles. The molecule has 1 aromatic carbocycles. The van der Waals surface area contributed by atoms with Crippen LogP contribution in [0.15, 0.2) is 48.9 Å². The molecule has 13 heteroatoms. The van der Waals surface area contributed by atoms with Crippen LogP contribution < -0.4 is 15.4 Å². The number of aromatic amines is 1. The maximum Gasteiger partial charge on any atom is 0.211 e. The molecule has 3 aliphatic heterocycles. The molecule has 37 heavy (non-hydrogen) atoms. The second-order valence-corrected chi connectivity index (χ2v) is 12.0. The second kappa shape index (κ2) is 9.10. The highest BCUT2D eigenvalue weighted by Gasteiger charge is 2.49. The normalized spacial score (nSPS) is 20.6.